The second-order valence-electron chi connectivity index (χ2n) is 3.02. The van der Waals surface area contributed by atoms with E-state index in [1.807, 2.05) is 0 Å². The molecule has 102 valence electrons. The van der Waals surface area contributed by atoms with E-state index < -0.39 is 18.1 Å². The Hall–Kier alpha value is 0.330. The van der Waals surface area contributed by atoms with E-state index in [9.17, 15) is 8.42 Å². The van der Waals surface area contributed by atoms with E-state index in [1.165, 1.54) is 24.3 Å². The van der Waals surface area contributed by atoms with Gasteiger partial charge in [0.25, 0.3) is 0 Å². The maximum absolute atomic E-state index is 12.0. The lowest BCUT2D eigenvalue weighted by Crippen LogP contribution is -2.17. The fourth-order valence-corrected chi connectivity index (χ4v) is 3.44. The van der Waals surface area contributed by atoms with E-state index in [4.69, 9.17) is 9.84 Å². The first-order valence-corrected chi connectivity index (χ1v) is 8.38. The molecule has 0 aliphatic carbocycles. The summed E-state index contributed by atoms with van der Waals surface area (Å²) >= 11 is 8.92. The monoisotopic (exact) mass is 466 g/mol. The molecule has 1 aromatic carbocycles. The minimum absolute atomic E-state index is 0.109. The van der Waals surface area contributed by atoms with Gasteiger partial charge in [0.05, 0.1) is 4.90 Å². The van der Waals surface area contributed by atoms with Gasteiger partial charge in [0, 0.05) is 0 Å². The highest BCUT2D eigenvalue weighted by Gasteiger charge is 2.37. The summed E-state index contributed by atoms with van der Waals surface area (Å²) < 4.78 is 32.2. The van der Waals surface area contributed by atoms with Crippen LogP contribution in [0.3, 0.4) is 0 Å². The third kappa shape index (κ3) is 4.17. The van der Waals surface area contributed by atoms with E-state index in [-0.39, 0.29) is 11.7 Å². The standard InChI is InChI=1S/C9H9Br3O5S/c10-9(11,12)18(14,15)8-3-1-7(2-4-8)17-6-16-5-13/h1-4,13H,5-6H2. The van der Waals surface area contributed by atoms with Crippen molar-refractivity contribution < 1.29 is 23.0 Å². The topological polar surface area (TPSA) is 72.8 Å². The highest BCUT2D eigenvalue weighted by Crippen LogP contribution is 2.43. The number of ether oxygens (including phenoxy) is 2. The number of alkyl halides is 3. The quantitative estimate of drug-likeness (QED) is 0.408. The van der Waals surface area contributed by atoms with Gasteiger partial charge < -0.3 is 14.6 Å². The molecule has 0 bridgehead atoms. The van der Waals surface area contributed by atoms with Gasteiger partial charge in [0.15, 0.2) is 6.79 Å². The average Bonchev–Trinajstić information content (AvgIpc) is 2.28. The van der Waals surface area contributed by atoms with Gasteiger partial charge in [-0.2, -0.15) is 0 Å². The molecule has 0 spiro atoms. The third-order valence-corrected chi connectivity index (χ3v) is 7.18. The molecule has 0 aliphatic rings. The second kappa shape index (κ2) is 6.67. The number of aliphatic hydroxyl groups excluding tert-OH is 1. The summed E-state index contributed by atoms with van der Waals surface area (Å²) in [7, 11) is -3.60. The molecular formula is C9H9Br3O5S. The van der Waals surface area contributed by atoms with E-state index in [0.717, 1.165) is 0 Å². The van der Waals surface area contributed by atoms with Crippen LogP contribution in [0.5, 0.6) is 5.75 Å². The van der Waals surface area contributed by atoms with Crippen molar-refractivity contribution in [3.63, 3.8) is 0 Å². The molecule has 1 aromatic rings. The molecule has 9 heteroatoms. The Morgan fingerprint density at radius 1 is 1.17 bits per heavy atom. The predicted molar refractivity (Wildman–Crippen MR) is 76.8 cm³/mol. The molecule has 0 unspecified atom stereocenters. The van der Waals surface area contributed by atoms with Gasteiger partial charge in [-0.15, -0.1) is 0 Å². The van der Waals surface area contributed by atoms with Gasteiger partial charge in [0.2, 0.25) is 11.3 Å². The van der Waals surface area contributed by atoms with Crippen molar-refractivity contribution in [3.8, 4) is 5.75 Å². The van der Waals surface area contributed by atoms with Gasteiger partial charge in [-0.1, -0.05) is 0 Å². The summed E-state index contributed by atoms with van der Waals surface area (Å²) in [6.45, 7) is -0.548. The zero-order chi connectivity index (χ0) is 13.8. The molecule has 0 saturated heterocycles. The number of rotatable bonds is 5. The Kier molecular flexibility index (Phi) is 6.07. The lowest BCUT2D eigenvalue weighted by atomic mass is 10.3. The SMILES string of the molecule is O=S(=O)(c1ccc(OCOCO)cc1)C(Br)(Br)Br. The molecule has 1 N–H and O–H groups in total. The first-order valence-electron chi connectivity index (χ1n) is 4.52. The van der Waals surface area contributed by atoms with Gasteiger partial charge >= 0.3 is 0 Å². The van der Waals surface area contributed by atoms with Crippen LogP contribution in [0.15, 0.2) is 29.2 Å². The molecule has 0 amide bonds. The van der Waals surface area contributed by atoms with Crippen molar-refractivity contribution in [2.75, 3.05) is 13.6 Å². The summed E-state index contributed by atoms with van der Waals surface area (Å²) in [6.07, 6.45) is 0. The summed E-state index contributed by atoms with van der Waals surface area (Å²) in [5.74, 6) is 0.437. The normalized spacial score (nSPS) is 12.4. The van der Waals surface area contributed by atoms with Crippen LogP contribution in [0, 0.1) is 0 Å². The maximum Gasteiger partial charge on any atom is 0.239 e. The molecule has 0 atom stereocenters. The Labute approximate surface area is 130 Å². The molecule has 0 fully saturated rings. The highest BCUT2D eigenvalue weighted by atomic mass is 80.0. The average molecular weight is 469 g/mol. The van der Waals surface area contributed by atoms with E-state index in [0.29, 0.717) is 5.75 Å². The van der Waals surface area contributed by atoms with Crippen LogP contribution in [0.4, 0.5) is 0 Å². The third-order valence-electron chi connectivity index (χ3n) is 1.84. The van der Waals surface area contributed by atoms with Crippen LogP contribution in [0.1, 0.15) is 0 Å². The number of benzene rings is 1. The first-order chi connectivity index (χ1) is 8.29. The van der Waals surface area contributed by atoms with Crippen LogP contribution >= 0.6 is 47.8 Å². The van der Waals surface area contributed by atoms with E-state index in [1.54, 1.807) is 0 Å². The lowest BCUT2D eigenvalue weighted by molar-refractivity contribution is -0.0653. The van der Waals surface area contributed by atoms with Crippen molar-refractivity contribution in [1.29, 1.82) is 0 Å². The maximum atomic E-state index is 12.0. The van der Waals surface area contributed by atoms with Crippen molar-refractivity contribution in [1.82, 2.24) is 0 Å². The molecule has 0 aliphatic heterocycles. The fourth-order valence-electron chi connectivity index (χ4n) is 0.996. The Morgan fingerprint density at radius 2 is 1.72 bits per heavy atom. The number of hydrogen-bond acceptors (Lipinski definition) is 5. The van der Waals surface area contributed by atoms with Crippen molar-refractivity contribution in [2.45, 2.75) is 6.37 Å². The van der Waals surface area contributed by atoms with Crippen molar-refractivity contribution >= 4 is 57.6 Å². The lowest BCUT2D eigenvalue weighted by Gasteiger charge is -2.14. The Balaban J connectivity index is 2.84. The van der Waals surface area contributed by atoms with Gasteiger partial charge in [0.1, 0.15) is 12.5 Å². The molecule has 5 nitrogen and oxygen atoms in total. The van der Waals surface area contributed by atoms with Gasteiger partial charge in [-0.3, -0.25) is 0 Å². The Morgan fingerprint density at radius 3 is 2.17 bits per heavy atom. The zero-order valence-corrected chi connectivity index (χ0v) is 14.4. The Bertz CT molecular complexity index is 480. The van der Waals surface area contributed by atoms with Crippen LogP contribution in [-0.2, 0) is 14.6 Å². The number of sulfone groups is 1. The number of halogens is 3. The largest absolute Gasteiger partial charge is 0.467 e. The van der Waals surface area contributed by atoms with Gasteiger partial charge in [-0.05, 0) is 72.1 Å². The van der Waals surface area contributed by atoms with E-state index in [2.05, 4.69) is 52.5 Å². The summed E-state index contributed by atoms with van der Waals surface area (Å²) in [4.78, 5) is 0.114. The zero-order valence-electron chi connectivity index (χ0n) is 8.85. The molecule has 0 radical (unpaired) electrons. The number of aliphatic hydroxyl groups is 1. The second-order valence-corrected chi connectivity index (χ2v) is 13.4. The molecule has 0 heterocycles. The van der Waals surface area contributed by atoms with Crippen LogP contribution in [0.2, 0.25) is 0 Å². The summed E-state index contributed by atoms with van der Waals surface area (Å²) in [5.41, 5.74) is 0. The number of hydrogen-bond donors (Lipinski definition) is 1. The van der Waals surface area contributed by atoms with Crippen molar-refractivity contribution in [3.05, 3.63) is 24.3 Å². The van der Waals surface area contributed by atoms with Crippen LogP contribution in [0.25, 0.3) is 0 Å². The predicted octanol–water partition coefficient (Wildman–Crippen LogP) is 2.56. The smallest absolute Gasteiger partial charge is 0.239 e. The molecule has 1 rings (SSSR count). The molecule has 0 saturated carbocycles. The minimum atomic E-state index is -3.60. The first kappa shape index (κ1) is 16.4. The van der Waals surface area contributed by atoms with Crippen LogP contribution < -0.4 is 4.74 Å². The molecule has 0 aromatic heterocycles. The van der Waals surface area contributed by atoms with E-state index >= 15 is 0 Å². The highest BCUT2D eigenvalue weighted by molar-refractivity contribution is 9.42. The molecule has 18 heavy (non-hydrogen) atoms. The summed E-state index contributed by atoms with van der Waals surface area (Å²) in [6, 6.07) is 5.79. The van der Waals surface area contributed by atoms with Crippen LogP contribution in [-0.4, -0.2) is 28.6 Å². The van der Waals surface area contributed by atoms with Gasteiger partial charge in [-0.25, -0.2) is 8.42 Å². The van der Waals surface area contributed by atoms with Crippen molar-refractivity contribution in [2.24, 2.45) is 0 Å². The fraction of sp³-hybridized carbons (Fsp3) is 0.333. The summed E-state index contributed by atoms with van der Waals surface area (Å²) in [5, 5.41) is 8.39. The molecular weight excluding hydrogens is 460 g/mol. The minimum Gasteiger partial charge on any atom is -0.467 e.